The molecule has 4 heteroatoms. The Hall–Kier alpha value is -0.870. The normalized spacial score (nSPS) is 19.8. The van der Waals surface area contributed by atoms with Crippen LogP contribution in [0.4, 0.5) is 0 Å². The minimum atomic E-state index is -0.118. The topological polar surface area (TPSA) is 41.6 Å². The van der Waals surface area contributed by atoms with Gasteiger partial charge in [0.15, 0.2) is 0 Å². The lowest BCUT2D eigenvalue weighted by atomic mass is 10.1. The van der Waals surface area contributed by atoms with E-state index < -0.39 is 0 Å². The number of amides is 1. The molecule has 0 spiro atoms. The highest BCUT2D eigenvalue weighted by Crippen LogP contribution is 2.03. The van der Waals surface area contributed by atoms with Crippen LogP contribution in [0.2, 0.25) is 0 Å². The number of allylic oxidation sites excluding steroid dienone is 1. The number of nitrogens with one attached hydrogen (secondary N) is 1. The van der Waals surface area contributed by atoms with E-state index in [0.29, 0.717) is 32.3 Å². The second-order valence-electron chi connectivity index (χ2n) is 4.59. The van der Waals surface area contributed by atoms with E-state index in [1.54, 1.807) is 0 Å². The maximum absolute atomic E-state index is 12.1. The van der Waals surface area contributed by atoms with Crippen LogP contribution in [0.5, 0.6) is 0 Å². The first kappa shape index (κ1) is 14.2. The first-order valence-corrected chi connectivity index (χ1v) is 6.38. The van der Waals surface area contributed by atoms with Gasteiger partial charge in [-0.05, 0) is 26.7 Å². The van der Waals surface area contributed by atoms with E-state index in [1.165, 1.54) is 0 Å². The molecule has 17 heavy (non-hydrogen) atoms. The third-order valence-corrected chi connectivity index (χ3v) is 3.03. The van der Waals surface area contributed by atoms with Crippen molar-refractivity contribution in [2.45, 2.75) is 38.8 Å². The monoisotopic (exact) mass is 240 g/mol. The molecule has 0 aliphatic carbocycles. The molecule has 0 unspecified atom stereocenters. The molecule has 1 N–H and O–H groups in total. The standard InChI is InChI=1S/C13H24N2O2/c1-4-5-6-11(2)14-12(3)13(16)15-7-9-17-10-8-15/h4,11-12,14H,1,5-10H2,2-3H3/t11-,12+/m0/s1. The van der Waals surface area contributed by atoms with Crippen LogP contribution in [0, 0.1) is 0 Å². The van der Waals surface area contributed by atoms with Gasteiger partial charge >= 0.3 is 0 Å². The van der Waals surface area contributed by atoms with Crippen LogP contribution in [0.3, 0.4) is 0 Å². The first-order chi connectivity index (χ1) is 8.15. The molecule has 98 valence electrons. The second kappa shape index (κ2) is 7.45. The van der Waals surface area contributed by atoms with Crippen molar-refractivity contribution in [3.05, 3.63) is 12.7 Å². The average molecular weight is 240 g/mol. The van der Waals surface area contributed by atoms with Gasteiger partial charge in [-0.2, -0.15) is 0 Å². The minimum Gasteiger partial charge on any atom is -0.378 e. The molecular weight excluding hydrogens is 216 g/mol. The Balaban J connectivity index is 2.32. The van der Waals surface area contributed by atoms with Gasteiger partial charge in [0.2, 0.25) is 5.91 Å². The fraction of sp³-hybridized carbons (Fsp3) is 0.769. The molecule has 1 aliphatic heterocycles. The fourth-order valence-corrected chi connectivity index (χ4v) is 2.01. The number of rotatable bonds is 6. The van der Waals surface area contributed by atoms with Gasteiger partial charge in [-0.25, -0.2) is 0 Å². The van der Waals surface area contributed by atoms with Crippen molar-refractivity contribution in [1.82, 2.24) is 10.2 Å². The quantitative estimate of drug-likeness (QED) is 0.709. The van der Waals surface area contributed by atoms with Gasteiger partial charge in [-0.15, -0.1) is 6.58 Å². The summed E-state index contributed by atoms with van der Waals surface area (Å²) in [7, 11) is 0. The van der Waals surface area contributed by atoms with Crippen LogP contribution in [0.15, 0.2) is 12.7 Å². The maximum atomic E-state index is 12.1. The van der Waals surface area contributed by atoms with Crippen molar-refractivity contribution in [2.24, 2.45) is 0 Å². The zero-order chi connectivity index (χ0) is 12.7. The zero-order valence-corrected chi connectivity index (χ0v) is 10.9. The fourth-order valence-electron chi connectivity index (χ4n) is 2.01. The number of morpholine rings is 1. The Labute approximate surface area is 104 Å². The number of hydrogen-bond acceptors (Lipinski definition) is 3. The predicted octanol–water partition coefficient (Wildman–Crippen LogP) is 1.18. The summed E-state index contributed by atoms with van der Waals surface area (Å²) in [4.78, 5) is 14.0. The smallest absolute Gasteiger partial charge is 0.239 e. The molecule has 0 bridgehead atoms. The largest absolute Gasteiger partial charge is 0.378 e. The van der Waals surface area contributed by atoms with E-state index in [0.717, 1.165) is 12.8 Å². The molecule has 4 nitrogen and oxygen atoms in total. The minimum absolute atomic E-state index is 0.118. The molecule has 2 atom stereocenters. The summed E-state index contributed by atoms with van der Waals surface area (Å²) in [5.74, 6) is 0.179. The van der Waals surface area contributed by atoms with Crippen molar-refractivity contribution < 1.29 is 9.53 Å². The van der Waals surface area contributed by atoms with Crippen LogP contribution >= 0.6 is 0 Å². The molecule has 1 saturated heterocycles. The van der Waals surface area contributed by atoms with Crippen molar-refractivity contribution in [3.63, 3.8) is 0 Å². The summed E-state index contributed by atoms with van der Waals surface area (Å²) < 4.78 is 5.24. The van der Waals surface area contributed by atoms with Crippen molar-refractivity contribution in [2.75, 3.05) is 26.3 Å². The van der Waals surface area contributed by atoms with E-state index in [1.807, 2.05) is 17.9 Å². The summed E-state index contributed by atoms with van der Waals surface area (Å²) in [6.07, 6.45) is 3.91. The van der Waals surface area contributed by atoms with Crippen molar-refractivity contribution in [3.8, 4) is 0 Å². The van der Waals surface area contributed by atoms with E-state index >= 15 is 0 Å². The number of hydrogen-bond donors (Lipinski definition) is 1. The Bertz CT molecular complexity index is 250. The van der Waals surface area contributed by atoms with Crippen molar-refractivity contribution >= 4 is 5.91 Å². The highest BCUT2D eigenvalue weighted by Gasteiger charge is 2.22. The molecule has 0 saturated carbocycles. The predicted molar refractivity (Wildman–Crippen MR) is 68.9 cm³/mol. The molecule has 0 aromatic heterocycles. The van der Waals surface area contributed by atoms with E-state index in [4.69, 9.17) is 4.74 Å². The SMILES string of the molecule is C=CCC[C@H](C)N[C@H](C)C(=O)N1CCOCC1. The lowest BCUT2D eigenvalue weighted by molar-refractivity contribution is -0.137. The zero-order valence-electron chi connectivity index (χ0n) is 10.9. The van der Waals surface area contributed by atoms with E-state index in [2.05, 4.69) is 18.8 Å². The number of carbonyl (C=O) groups excluding carboxylic acids is 1. The molecule has 1 fully saturated rings. The Morgan fingerprint density at radius 1 is 1.47 bits per heavy atom. The summed E-state index contributed by atoms with van der Waals surface area (Å²) in [5, 5.41) is 3.33. The summed E-state index contributed by atoms with van der Waals surface area (Å²) in [5.41, 5.74) is 0. The van der Waals surface area contributed by atoms with Crippen LogP contribution < -0.4 is 5.32 Å². The molecule has 1 aliphatic rings. The number of nitrogens with zero attached hydrogens (tertiary/aromatic N) is 1. The highest BCUT2D eigenvalue weighted by molar-refractivity contribution is 5.81. The van der Waals surface area contributed by atoms with Crippen LogP contribution in [0.25, 0.3) is 0 Å². The van der Waals surface area contributed by atoms with Gasteiger partial charge in [-0.3, -0.25) is 4.79 Å². The first-order valence-electron chi connectivity index (χ1n) is 6.38. The van der Waals surface area contributed by atoms with Crippen LogP contribution in [-0.2, 0) is 9.53 Å². The molecule has 0 radical (unpaired) electrons. The average Bonchev–Trinajstić information content (AvgIpc) is 2.36. The van der Waals surface area contributed by atoms with Gasteiger partial charge < -0.3 is 15.0 Å². The maximum Gasteiger partial charge on any atom is 0.239 e. The van der Waals surface area contributed by atoms with Crippen LogP contribution in [0.1, 0.15) is 26.7 Å². The summed E-state index contributed by atoms with van der Waals surface area (Å²) in [6.45, 7) is 10.5. The van der Waals surface area contributed by atoms with Gasteiger partial charge in [0.25, 0.3) is 0 Å². The molecule has 1 heterocycles. The van der Waals surface area contributed by atoms with Crippen LogP contribution in [-0.4, -0.2) is 49.2 Å². The third kappa shape index (κ3) is 4.88. The van der Waals surface area contributed by atoms with E-state index in [9.17, 15) is 4.79 Å². The number of ether oxygens (including phenoxy) is 1. The highest BCUT2D eigenvalue weighted by atomic mass is 16.5. The lowest BCUT2D eigenvalue weighted by Crippen LogP contribution is -2.50. The Morgan fingerprint density at radius 2 is 2.12 bits per heavy atom. The summed E-state index contributed by atoms with van der Waals surface area (Å²) in [6, 6.07) is 0.223. The van der Waals surface area contributed by atoms with Crippen molar-refractivity contribution in [1.29, 1.82) is 0 Å². The second-order valence-corrected chi connectivity index (χ2v) is 4.59. The molecular formula is C13H24N2O2. The molecule has 1 amide bonds. The summed E-state index contributed by atoms with van der Waals surface area (Å²) >= 11 is 0. The van der Waals surface area contributed by atoms with E-state index in [-0.39, 0.29) is 11.9 Å². The van der Waals surface area contributed by atoms with Gasteiger partial charge in [0, 0.05) is 19.1 Å². The third-order valence-electron chi connectivity index (χ3n) is 3.03. The van der Waals surface area contributed by atoms with Gasteiger partial charge in [0.1, 0.15) is 0 Å². The van der Waals surface area contributed by atoms with Gasteiger partial charge in [-0.1, -0.05) is 6.08 Å². The Kier molecular flexibility index (Phi) is 6.22. The Morgan fingerprint density at radius 3 is 2.71 bits per heavy atom. The molecule has 1 rings (SSSR count). The molecule has 0 aromatic rings. The molecule has 0 aromatic carbocycles. The van der Waals surface area contributed by atoms with Gasteiger partial charge in [0.05, 0.1) is 19.3 Å². The lowest BCUT2D eigenvalue weighted by Gasteiger charge is -2.30. The number of carbonyl (C=O) groups is 1.